The average Bonchev–Trinajstić information content (AvgIpc) is 3.44. The van der Waals surface area contributed by atoms with Gasteiger partial charge in [0.1, 0.15) is 0 Å². The summed E-state index contributed by atoms with van der Waals surface area (Å²) in [7, 11) is 0. The summed E-state index contributed by atoms with van der Waals surface area (Å²) in [6.07, 6.45) is 5.51. The van der Waals surface area contributed by atoms with Gasteiger partial charge < -0.3 is 0 Å². The zero-order chi connectivity index (χ0) is 20.3. The molecular weight excluding hydrogens is 347 g/mol. The Morgan fingerprint density at radius 1 is 0.500 bits per heavy atom. The minimum Gasteiger partial charge on any atom is -0.283 e. The Labute approximate surface area is 168 Å². The predicted molar refractivity (Wildman–Crippen MR) is 117 cm³/mol. The lowest BCUT2D eigenvalue weighted by Gasteiger charge is -2.19. The summed E-state index contributed by atoms with van der Waals surface area (Å²) in [5.41, 5.74) is 11.1. The first-order valence-electron chi connectivity index (χ1n) is 10.8. The van der Waals surface area contributed by atoms with Crippen LogP contribution in [0.1, 0.15) is 75.7 Å². The van der Waals surface area contributed by atoms with Crippen LogP contribution in [0.2, 0.25) is 0 Å². The van der Waals surface area contributed by atoms with Crippen LogP contribution in [0, 0.1) is 0 Å². The number of aryl methyl sites for hydroxylation is 6. The molecule has 0 spiro atoms. The number of H-pyrrole nitrogens is 3. The Kier molecular flexibility index (Phi) is 6.42. The van der Waals surface area contributed by atoms with Crippen molar-refractivity contribution >= 4 is 23.1 Å². The molecule has 3 N–H and O–H groups in total. The fourth-order valence-corrected chi connectivity index (χ4v) is 4.36. The molecular formula is C21H33BN6. The van der Waals surface area contributed by atoms with Gasteiger partial charge in [-0.05, 0) is 54.9 Å². The molecule has 28 heavy (non-hydrogen) atoms. The summed E-state index contributed by atoms with van der Waals surface area (Å²) < 4.78 is 0. The van der Waals surface area contributed by atoms with E-state index in [0.717, 1.165) is 55.6 Å². The van der Waals surface area contributed by atoms with Crippen LogP contribution in [0.4, 0.5) is 0 Å². The van der Waals surface area contributed by atoms with Gasteiger partial charge in [0.15, 0.2) is 0 Å². The Balaban J connectivity index is 2.39. The molecule has 0 aliphatic heterocycles. The van der Waals surface area contributed by atoms with Crippen molar-refractivity contribution in [1.82, 2.24) is 30.6 Å². The van der Waals surface area contributed by atoms with E-state index in [9.17, 15) is 0 Å². The van der Waals surface area contributed by atoms with Crippen LogP contribution in [0.25, 0.3) is 0 Å². The predicted octanol–water partition coefficient (Wildman–Crippen LogP) is 1.75. The summed E-state index contributed by atoms with van der Waals surface area (Å²) in [5.74, 6) is 0. The highest BCUT2D eigenvalue weighted by molar-refractivity contribution is 6.97. The summed E-state index contributed by atoms with van der Waals surface area (Å²) in [5, 5.41) is 24.0. The zero-order valence-electron chi connectivity index (χ0n) is 18.2. The van der Waals surface area contributed by atoms with Gasteiger partial charge in [0.25, 0.3) is 6.71 Å². The molecule has 0 saturated carbocycles. The van der Waals surface area contributed by atoms with Gasteiger partial charge in [-0.2, -0.15) is 15.3 Å². The Morgan fingerprint density at radius 2 is 0.786 bits per heavy atom. The second-order valence-electron chi connectivity index (χ2n) is 7.24. The molecule has 0 aliphatic rings. The number of rotatable bonds is 9. The van der Waals surface area contributed by atoms with Crippen LogP contribution in [-0.4, -0.2) is 37.3 Å². The molecule has 7 heteroatoms. The van der Waals surface area contributed by atoms with Gasteiger partial charge in [0.2, 0.25) is 0 Å². The van der Waals surface area contributed by atoms with E-state index in [4.69, 9.17) is 0 Å². The quantitative estimate of drug-likeness (QED) is 0.495. The maximum Gasteiger partial charge on any atom is 0.255 e. The minimum absolute atomic E-state index is 0.107. The largest absolute Gasteiger partial charge is 0.283 e. The maximum absolute atomic E-state index is 4.68. The summed E-state index contributed by atoms with van der Waals surface area (Å²) >= 11 is 0. The standard InChI is InChI=1S/C21H33BN6/c1-7-13-19(14(8-2)24-23-13)22(20-15(9-3)25-26-16(20)10-4)21-17(11-5)27-28-18(21)12-6/h7-12H2,1-6H3,(H,23,24)(H,25,26)(H,27,28). The van der Waals surface area contributed by atoms with Crippen LogP contribution >= 0.6 is 0 Å². The Morgan fingerprint density at radius 3 is 1.00 bits per heavy atom. The molecule has 0 bridgehead atoms. The van der Waals surface area contributed by atoms with E-state index in [1.807, 2.05) is 0 Å². The first-order chi connectivity index (χ1) is 13.6. The summed E-state index contributed by atoms with van der Waals surface area (Å²) in [6, 6.07) is 0. The Hall–Kier alpha value is -2.31. The van der Waals surface area contributed by atoms with Crippen LogP contribution < -0.4 is 16.4 Å². The fraction of sp³-hybridized carbons (Fsp3) is 0.571. The second-order valence-corrected chi connectivity index (χ2v) is 7.24. The van der Waals surface area contributed by atoms with Gasteiger partial charge in [-0.3, -0.25) is 15.3 Å². The van der Waals surface area contributed by atoms with Crippen molar-refractivity contribution in [2.75, 3.05) is 0 Å². The molecule has 6 nitrogen and oxygen atoms in total. The number of aromatic amines is 3. The van der Waals surface area contributed by atoms with Crippen molar-refractivity contribution < 1.29 is 0 Å². The molecule has 3 aromatic rings. The summed E-state index contributed by atoms with van der Waals surface area (Å²) in [6.45, 7) is 13.2. The van der Waals surface area contributed by atoms with Crippen molar-refractivity contribution in [2.24, 2.45) is 0 Å². The van der Waals surface area contributed by atoms with Crippen molar-refractivity contribution in [3.63, 3.8) is 0 Å². The van der Waals surface area contributed by atoms with E-state index >= 15 is 0 Å². The number of aromatic nitrogens is 6. The lowest BCUT2D eigenvalue weighted by molar-refractivity contribution is 0.936. The number of nitrogens with one attached hydrogen (secondary N) is 3. The van der Waals surface area contributed by atoms with E-state index in [-0.39, 0.29) is 6.71 Å². The normalized spacial score (nSPS) is 11.4. The lowest BCUT2D eigenvalue weighted by Crippen LogP contribution is -2.57. The number of nitrogens with zero attached hydrogens (tertiary/aromatic N) is 3. The molecule has 150 valence electrons. The third-order valence-electron chi connectivity index (χ3n) is 5.82. The van der Waals surface area contributed by atoms with Gasteiger partial charge in [-0.15, -0.1) is 0 Å². The SMILES string of the molecule is CCc1n[nH]c(CC)c1B(c1c(CC)n[nH]c1CC)c1c(CC)n[nH]c1CC. The van der Waals surface area contributed by atoms with Crippen LogP contribution in [0.15, 0.2) is 0 Å². The molecule has 3 aromatic heterocycles. The number of hydrogen-bond donors (Lipinski definition) is 3. The van der Waals surface area contributed by atoms with E-state index in [0.29, 0.717) is 0 Å². The van der Waals surface area contributed by atoms with Crippen molar-refractivity contribution in [3.05, 3.63) is 34.2 Å². The molecule has 0 fully saturated rings. The van der Waals surface area contributed by atoms with Crippen molar-refractivity contribution in [2.45, 2.75) is 80.1 Å². The molecule has 3 rings (SSSR count). The van der Waals surface area contributed by atoms with E-state index < -0.39 is 0 Å². The molecule has 0 amide bonds. The molecule has 0 radical (unpaired) electrons. The summed E-state index contributed by atoms with van der Waals surface area (Å²) in [4.78, 5) is 0. The second kappa shape index (κ2) is 8.80. The van der Waals surface area contributed by atoms with E-state index in [1.165, 1.54) is 33.5 Å². The van der Waals surface area contributed by atoms with Crippen LogP contribution in [-0.2, 0) is 38.5 Å². The van der Waals surface area contributed by atoms with Gasteiger partial charge in [-0.25, -0.2) is 0 Å². The monoisotopic (exact) mass is 380 g/mol. The molecule has 3 heterocycles. The zero-order valence-corrected chi connectivity index (χ0v) is 18.2. The minimum atomic E-state index is 0.107. The highest BCUT2D eigenvalue weighted by atomic mass is 15.1. The topological polar surface area (TPSA) is 86.0 Å². The first kappa shape index (κ1) is 20.4. The third-order valence-corrected chi connectivity index (χ3v) is 5.82. The highest BCUT2D eigenvalue weighted by Gasteiger charge is 2.36. The van der Waals surface area contributed by atoms with Gasteiger partial charge in [0.05, 0.1) is 17.1 Å². The fourth-order valence-electron chi connectivity index (χ4n) is 4.36. The Bertz CT molecular complexity index is 736. The van der Waals surface area contributed by atoms with E-state index in [2.05, 4.69) is 72.1 Å². The number of hydrogen-bond acceptors (Lipinski definition) is 3. The van der Waals surface area contributed by atoms with Gasteiger partial charge in [-0.1, -0.05) is 41.5 Å². The van der Waals surface area contributed by atoms with Crippen LogP contribution in [0.3, 0.4) is 0 Å². The van der Waals surface area contributed by atoms with Gasteiger partial charge in [0, 0.05) is 17.1 Å². The molecule has 0 atom stereocenters. The molecule has 0 saturated heterocycles. The first-order valence-corrected chi connectivity index (χ1v) is 10.8. The molecule has 0 unspecified atom stereocenters. The van der Waals surface area contributed by atoms with Crippen molar-refractivity contribution in [3.8, 4) is 0 Å². The molecule has 0 aliphatic carbocycles. The average molecular weight is 380 g/mol. The lowest BCUT2D eigenvalue weighted by atomic mass is 9.34. The van der Waals surface area contributed by atoms with Crippen molar-refractivity contribution in [1.29, 1.82) is 0 Å². The third kappa shape index (κ3) is 3.31. The van der Waals surface area contributed by atoms with Gasteiger partial charge >= 0.3 is 0 Å². The van der Waals surface area contributed by atoms with E-state index in [1.54, 1.807) is 0 Å². The highest BCUT2D eigenvalue weighted by Crippen LogP contribution is 2.12. The molecule has 0 aromatic carbocycles. The smallest absolute Gasteiger partial charge is 0.255 e. The van der Waals surface area contributed by atoms with Crippen LogP contribution in [0.5, 0.6) is 0 Å². The maximum atomic E-state index is 4.68.